The zero-order valence-electron chi connectivity index (χ0n) is 26.6. The molecule has 7 aromatic carbocycles. The van der Waals surface area contributed by atoms with Gasteiger partial charge in [0.15, 0.2) is 0 Å². The summed E-state index contributed by atoms with van der Waals surface area (Å²) in [6.07, 6.45) is 0. The molecule has 0 spiro atoms. The van der Waals surface area contributed by atoms with Crippen LogP contribution in [-0.4, -0.2) is 15.3 Å². The normalized spacial score (nSPS) is 10.9. The van der Waals surface area contributed by atoms with Crippen molar-refractivity contribution in [3.8, 4) is 27.9 Å². The minimum absolute atomic E-state index is 0. The molecule has 0 aliphatic heterocycles. The van der Waals surface area contributed by atoms with Gasteiger partial charge < -0.3 is 17.5 Å². The van der Waals surface area contributed by atoms with Gasteiger partial charge in [0.2, 0.25) is 0 Å². The number of benzene rings is 7. The average Bonchev–Trinajstić information content (AvgIpc) is 3.68. The summed E-state index contributed by atoms with van der Waals surface area (Å²) < 4.78 is 4.57. The second-order valence-corrected chi connectivity index (χ2v) is 12.5. The summed E-state index contributed by atoms with van der Waals surface area (Å²) in [7, 11) is 0. The van der Waals surface area contributed by atoms with Crippen LogP contribution in [0.5, 0.6) is 0 Å². The van der Waals surface area contributed by atoms with E-state index in [1.807, 2.05) is 42.5 Å². The standard InChI is InChI=1S/C42H26N2OS.CH3.H2O.W/c45-44(38-23-12-24-40-41(38)35-27-29(25-26-39(35)46-40)28-13-3-1-4-14-28)37-22-10-8-18-32(37)34-20-11-19-33-31-17-7-9-21-36(31)43(42(33)34)30-15-5-2-6-16-30;;;/h1-19,21-22,24-27,45H;1H3;1H2;/q-2;-1;;. The molecule has 0 unspecified atom stereocenters. The minimum Gasteiger partial charge on any atom is -0.412 e. The molecule has 0 saturated heterocycles. The first-order chi connectivity index (χ1) is 22.8. The molecular formula is C43H31N2O2SW-3. The first kappa shape index (κ1) is 33.9. The molecule has 0 atom stereocenters. The van der Waals surface area contributed by atoms with Crippen molar-refractivity contribution in [2.75, 3.05) is 5.06 Å². The molecule has 0 fully saturated rings. The number of aromatic nitrogens is 1. The van der Waals surface area contributed by atoms with E-state index in [0.717, 1.165) is 59.8 Å². The molecule has 0 saturated carbocycles. The van der Waals surface area contributed by atoms with Gasteiger partial charge in [-0.2, -0.15) is 29.5 Å². The molecule has 0 bridgehead atoms. The molecule has 49 heavy (non-hydrogen) atoms. The quantitative estimate of drug-likeness (QED) is 0.139. The van der Waals surface area contributed by atoms with E-state index in [9.17, 15) is 5.21 Å². The zero-order chi connectivity index (χ0) is 30.6. The smallest absolute Gasteiger partial charge is 0.0435 e. The van der Waals surface area contributed by atoms with E-state index in [0.29, 0.717) is 11.4 Å². The Bertz CT molecular complexity index is 2560. The van der Waals surface area contributed by atoms with E-state index in [1.54, 1.807) is 11.3 Å². The summed E-state index contributed by atoms with van der Waals surface area (Å²) >= 11 is 1.73. The van der Waals surface area contributed by atoms with E-state index >= 15 is 0 Å². The number of hydrogen-bond donors (Lipinski definition) is 1. The largest absolute Gasteiger partial charge is 0.412 e. The first-order valence-corrected chi connectivity index (χ1v) is 16.1. The fourth-order valence-electron chi connectivity index (χ4n) is 6.72. The van der Waals surface area contributed by atoms with E-state index in [2.05, 4.69) is 126 Å². The van der Waals surface area contributed by atoms with E-state index in [1.165, 1.54) is 15.1 Å². The van der Waals surface area contributed by atoms with Crippen LogP contribution in [0.3, 0.4) is 0 Å². The Morgan fingerprint density at radius 1 is 0.612 bits per heavy atom. The van der Waals surface area contributed by atoms with Crippen molar-refractivity contribution in [2.24, 2.45) is 0 Å². The fourth-order valence-corrected chi connectivity index (χ4v) is 7.81. The number of thiophene rings is 1. The Morgan fingerprint density at radius 2 is 1.31 bits per heavy atom. The number of fused-ring (bicyclic) bond motifs is 6. The Morgan fingerprint density at radius 3 is 2.12 bits per heavy atom. The van der Waals surface area contributed by atoms with Crippen molar-refractivity contribution in [3.63, 3.8) is 0 Å². The van der Waals surface area contributed by atoms with Gasteiger partial charge in [-0.25, -0.2) is 0 Å². The second-order valence-electron chi connectivity index (χ2n) is 11.4. The summed E-state index contributed by atoms with van der Waals surface area (Å²) in [5.74, 6) is 0. The monoisotopic (exact) mass is 823 g/mol. The predicted molar refractivity (Wildman–Crippen MR) is 203 cm³/mol. The maximum atomic E-state index is 12.2. The van der Waals surface area contributed by atoms with Crippen LogP contribution in [-0.2, 0) is 21.1 Å². The summed E-state index contributed by atoms with van der Waals surface area (Å²) in [6, 6.07) is 59.0. The third kappa shape index (κ3) is 5.55. The van der Waals surface area contributed by atoms with Gasteiger partial charge in [-0.3, -0.25) is 10.3 Å². The molecule has 240 valence electrons. The van der Waals surface area contributed by atoms with Crippen molar-refractivity contribution >= 4 is 64.7 Å². The van der Waals surface area contributed by atoms with Gasteiger partial charge in [-0.15, -0.1) is 23.8 Å². The van der Waals surface area contributed by atoms with Crippen LogP contribution in [0.4, 0.5) is 11.4 Å². The van der Waals surface area contributed by atoms with Crippen LogP contribution >= 0.6 is 11.3 Å². The number of rotatable bonds is 5. The molecule has 0 radical (unpaired) electrons. The Balaban J connectivity index is 0.00000139. The predicted octanol–water partition coefficient (Wildman–Crippen LogP) is 11.2. The molecule has 2 aromatic heterocycles. The topological polar surface area (TPSA) is 59.9 Å². The van der Waals surface area contributed by atoms with Gasteiger partial charge in [0.1, 0.15) is 0 Å². The molecule has 9 aromatic rings. The maximum absolute atomic E-state index is 12.2. The van der Waals surface area contributed by atoms with Gasteiger partial charge in [-0.05, 0) is 58.0 Å². The molecule has 0 amide bonds. The van der Waals surface area contributed by atoms with E-state index in [4.69, 9.17) is 0 Å². The molecule has 2 heterocycles. The molecule has 3 N–H and O–H groups in total. The zero-order valence-corrected chi connectivity index (χ0v) is 30.3. The number of nitrogens with zero attached hydrogens (tertiary/aromatic N) is 2. The van der Waals surface area contributed by atoms with Crippen LogP contribution in [0.1, 0.15) is 0 Å². The molecule has 4 nitrogen and oxygen atoms in total. The van der Waals surface area contributed by atoms with Crippen LogP contribution in [0.25, 0.3) is 69.9 Å². The number of hydrogen-bond acceptors (Lipinski definition) is 3. The van der Waals surface area contributed by atoms with Crippen LogP contribution in [0.15, 0.2) is 152 Å². The SMILES string of the molecule is O.ON(c1ccccc1-c1[c-]ccc2c3ccccc3n(-c3ccccc3)c12)c1[c-]ccc2sc3ccc(-c4ccccc4)cc3c12.[CH3-].[W]. The van der Waals surface area contributed by atoms with Crippen molar-refractivity contribution in [3.05, 3.63) is 171 Å². The van der Waals surface area contributed by atoms with Gasteiger partial charge in [0.25, 0.3) is 0 Å². The average molecular weight is 824 g/mol. The number of anilines is 2. The van der Waals surface area contributed by atoms with Crippen molar-refractivity contribution in [2.45, 2.75) is 0 Å². The van der Waals surface area contributed by atoms with Gasteiger partial charge in [0.05, 0.1) is 0 Å². The van der Waals surface area contributed by atoms with Crippen LogP contribution in [0.2, 0.25) is 0 Å². The van der Waals surface area contributed by atoms with Crippen molar-refractivity contribution < 1.29 is 31.7 Å². The summed E-state index contributed by atoms with van der Waals surface area (Å²) in [5.41, 5.74) is 8.63. The summed E-state index contributed by atoms with van der Waals surface area (Å²) in [4.78, 5) is 0. The summed E-state index contributed by atoms with van der Waals surface area (Å²) in [5, 5.41) is 17.9. The second kappa shape index (κ2) is 13.8. The summed E-state index contributed by atoms with van der Waals surface area (Å²) in [6.45, 7) is 0. The fraction of sp³-hybridized carbons (Fsp3) is 0. The number of para-hydroxylation sites is 3. The molecular weight excluding hydrogens is 792 g/mol. The van der Waals surface area contributed by atoms with Crippen LogP contribution in [0, 0.1) is 19.6 Å². The van der Waals surface area contributed by atoms with E-state index < -0.39 is 0 Å². The van der Waals surface area contributed by atoms with Crippen molar-refractivity contribution in [1.82, 2.24) is 4.57 Å². The van der Waals surface area contributed by atoms with Gasteiger partial charge in [-0.1, -0.05) is 123 Å². The Kier molecular flexibility index (Phi) is 9.56. The van der Waals surface area contributed by atoms with Gasteiger partial charge in [0, 0.05) is 42.7 Å². The van der Waals surface area contributed by atoms with Crippen molar-refractivity contribution in [1.29, 1.82) is 0 Å². The first-order valence-electron chi connectivity index (χ1n) is 15.3. The maximum Gasteiger partial charge on any atom is 0.0435 e. The van der Waals surface area contributed by atoms with E-state index in [-0.39, 0.29) is 34.0 Å². The minimum atomic E-state index is 0. The van der Waals surface area contributed by atoms with Gasteiger partial charge >= 0.3 is 0 Å². The molecule has 0 aliphatic carbocycles. The third-order valence-electron chi connectivity index (χ3n) is 8.77. The third-order valence-corrected chi connectivity index (χ3v) is 9.91. The molecule has 6 heteroatoms. The Hall–Kier alpha value is -5.03. The molecule has 0 aliphatic rings. The molecule has 9 rings (SSSR count). The Labute approximate surface area is 303 Å². The van der Waals surface area contributed by atoms with Crippen LogP contribution < -0.4 is 5.06 Å².